The highest BCUT2D eigenvalue weighted by Gasteiger charge is 2.26. The maximum atomic E-state index is 11.5. The molecule has 0 radical (unpaired) electrons. The Labute approximate surface area is 120 Å². The average Bonchev–Trinajstić information content (AvgIpc) is 3.07. The Hall–Kier alpha value is -1.76. The normalized spacial score (nSPS) is 14.5. The van der Waals surface area contributed by atoms with Crippen molar-refractivity contribution in [2.24, 2.45) is 0 Å². The molecule has 0 atom stereocenters. The van der Waals surface area contributed by atoms with Crippen LogP contribution in [0.5, 0.6) is 0 Å². The molecule has 2 heterocycles. The molecule has 1 saturated carbocycles. The fourth-order valence-corrected chi connectivity index (χ4v) is 2.87. The van der Waals surface area contributed by atoms with Crippen molar-refractivity contribution in [3.63, 3.8) is 0 Å². The van der Waals surface area contributed by atoms with Gasteiger partial charge < -0.3 is 13.7 Å². The molecule has 0 amide bonds. The summed E-state index contributed by atoms with van der Waals surface area (Å²) in [6.45, 7) is 1.76. The first kappa shape index (κ1) is 13.2. The number of nitrogens with zero attached hydrogens (tertiary/aromatic N) is 3. The number of carbonyl (C=O) groups excluding carboxylic acids is 1. The zero-order valence-corrected chi connectivity index (χ0v) is 12.1. The summed E-state index contributed by atoms with van der Waals surface area (Å²) >= 11 is 1.56. The molecule has 1 fully saturated rings. The van der Waals surface area contributed by atoms with E-state index in [2.05, 4.69) is 14.8 Å². The lowest BCUT2D eigenvalue weighted by atomic mass is 10.2. The molecule has 1 aliphatic rings. The molecule has 0 N–H and O–H groups in total. The Morgan fingerprint density at radius 2 is 2.40 bits per heavy atom. The number of carbonyl (C=O) groups is 1. The van der Waals surface area contributed by atoms with E-state index in [9.17, 15) is 4.79 Å². The molecular formula is C13H15N3O3S. The predicted octanol–water partition coefficient (Wildman–Crippen LogP) is 2.59. The molecule has 0 bridgehead atoms. The van der Waals surface area contributed by atoms with Crippen LogP contribution < -0.4 is 0 Å². The molecule has 7 heteroatoms. The van der Waals surface area contributed by atoms with Crippen LogP contribution >= 0.6 is 11.8 Å². The molecule has 106 valence electrons. The van der Waals surface area contributed by atoms with Gasteiger partial charge in [-0.3, -0.25) is 0 Å². The highest BCUT2D eigenvalue weighted by Crippen LogP contribution is 2.37. The number of hydrogen-bond donors (Lipinski definition) is 0. The molecule has 2 aromatic heterocycles. The lowest BCUT2D eigenvalue weighted by Crippen LogP contribution is -2.00. The molecule has 0 aliphatic heterocycles. The van der Waals surface area contributed by atoms with Gasteiger partial charge in [0.25, 0.3) is 0 Å². The molecule has 0 spiro atoms. The zero-order valence-electron chi connectivity index (χ0n) is 11.3. The lowest BCUT2D eigenvalue weighted by Gasteiger charge is -2.02. The smallest absolute Gasteiger partial charge is 0.341 e. The van der Waals surface area contributed by atoms with Crippen molar-refractivity contribution in [3.05, 3.63) is 29.5 Å². The van der Waals surface area contributed by atoms with Gasteiger partial charge in [-0.1, -0.05) is 11.8 Å². The van der Waals surface area contributed by atoms with Crippen LogP contribution in [0.2, 0.25) is 0 Å². The summed E-state index contributed by atoms with van der Waals surface area (Å²) in [5.74, 6) is 1.56. The van der Waals surface area contributed by atoms with Crippen molar-refractivity contribution in [2.75, 3.05) is 7.11 Å². The summed E-state index contributed by atoms with van der Waals surface area (Å²) in [5, 5.41) is 8.95. The van der Waals surface area contributed by atoms with Crippen LogP contribution in [0.3, 0.4) is 0 Å². The molecule has 2 aromatic rings. The largest absolute Gasteiger partial charge is 0.465 e. The first-order valence-electron chi connectivity index (χ1n) is 6.39. The number of methoxy groups -OCH3 is 1. The Bertz CT molecular complexity index is 631. The van der Waals surface area contributed by atoms with Gasteiger partial charge in [0.15, 0.2) is 5.16 Å². The van der Waals surface area contributed by atoms with E-state index in [1.165, 1.54) is 20.0 Å². The second-order valence-electron chi connectivity index (χ2n) is 4.71. The van der Waals surface area contributed by atoms with E-state index in [1.807, 2.05) is 0 Å². The number of ether oxygens (including phenoxy) is 1. The zero-order chi connectivity index (χ0) is 14.1. The predicted molar refractivity (Wildman–Crippen MR) is 72.6 cm³/mol. The van der Waals surface area contributed by atoms with E-state index >= 15 is 0 Å². The molecule has 6 nitrogen and oxygen atoms in total. The quantitative estimate of drug-likeness (QED) is 0.623. The van der Waals surface area contributed by atoms with Crippen molar-refractivity contribution < 1.29 is 13.9 Å². The standard InChI is InChI=1S/C13H15N3O3S/c1-8-11(12(17)18-2)5-10(19-8)6-20-13-15-14-7-16(13)9-3-4-9/h5,7,9H,3-4,6H2,1-2H3. The van der Waals surface area contributed by atoms with Crippen LogP contribution in [0.15, 0.2) is 22.0 Å². The Kier molecular flexibility index (Phi) is 3.52. The number of furan rings is 1. The van der Waals surface area contributed by atoms with Crippen molar-refractivity contribution in [1.82, 2.24) is 14.8 Å². The van der Waals surface area contributed by atoms with E-state index in [0.29, 0.717) is 23.1 Å². The molecule has 1 aliphatic carbocycles. The van der Waals surface area contributed by atoms with Crippen LogP contribution in [-0.4, -0.2) is 27.8 Å². The molecule has 3 rings (SSSR count). The number of esters is 1. The molecule has 0 aromatic carbocycles. The number of aryl methyl sites for hydroxylation is 1. The average molecular weight is 293 g/mol. The topological polar surface area (TPSA) is 70.2 Å². The summed E-state index contributed by atoms with van der Waals surface area (Å²) in [5.41, 5.74) is 0.478. The van der Waals surface area contributed by atoms with Crippen molar-refractivity contribution in [1.29, 1.82) is 0 Å². The van der Waals surface area contributed by atoms with E-state index in [4.69, 9.17) is 9.15 Å². The third-order valence-electron chi connectivity index (χ3n) is 3.20. The van der Waals surface area contributed by atoms with E-state index in [-0.39, 0.29) is 5.97 Å². The van der Waals surface area contributed by atoms with E-state index < -0.39 is 0 Å². The molecule has 0 saturated heterocycles. The number of thioether (sulfide) groups is 1. The highest BCUT2D eigenvalue weighted by molar-refractivity contribution is 7.98. The number of aromatic nitrogens is 3. The summed E-state index contributed by atoms with van der Waals surface area (Å²) < 4.78 is 12.4. The summed E-state index contributed by atoms with van der Waals surface area (Å²) in [6.07, 6.45) is 4.16. The van der Waals surface area contributed by atoms with Crippen LogP contribution in [0.4, 0.5) is 0 Å². The minimum absolute atomic E-state index is 0.372. The van der Waals surface area contributed by atoms with E-state index in [0.717, 1.165) is 10.9 Å². The fraction of sp³-hybridized carbons (Fsp3) is 0.462. The van der Waals surface area contributed by atoms with Crippen LogP contribution in [0, 0.1) is 6.92 Å². The van der Waals surface area contributed by atoms with Crippen LogP contribution in [0.1, 0.15) is 40.8 Å². The first-order valence-corrected chi connectivity index (χ1v) is 7.37. The lowest BCUT2D eigenvalue weighted by molar-refractivity contribution is 0.0599. The van der Waals surface area contributed by atoms with Crippen molar-refractivity contribution in [3.8, 4) is 0 Å². The molecule has 0 unspecified atom stereocenters. The third kappa shape index (κ3) is 2.58. The summed E-state index contributed by atoms with van der Waals surface area (Å²) in [7, 11) is 1.36. The second kappa shape index (κ2) is 5.32. The van der Waals surface area contributed by atoms with Gasteiger partial charge in [0.05, 0.1) is 12.9 Å². The van der Waals surface area contributed by atoms with Crippen LogP contribution in [-0.2, 0) is 10.5 Å². The highest BCUT2D eigenvalue weighted by atomic mass is 32.2. The van der Waals surface area contributed by atoms with Gasteiger partial charge in [-0.2, -0.15) is 0 Å². The molecule has 20 heavy (non-hydrogen) atoms. The minimum Gasteiger partial charge on any atom is -0.465 e. The fourth-order valence-electron chi connectivity index (χ4n) is 2.00. The number of hydrogen-bond acceptors (Lipinski definition) is 6. The third-order valence-corrected chi connectivity index (χ3v) is 4.18. The first-order chi connectivity index (χ1) is 9.69. The maximum absolute atomic E-state index is 11.5. The second-order valence-corrected chi connectivity index (χ2v) is 5.66. The Morgan fingerprint density at radius 1 is 1.60 bits per heavy atom. The van der Waals surface area contributed by atoms with Crippen molar-refractivity contribution >= 4 is 17.7 Å². The monoisotopic (exact) mass is 293 g/mol. The van der Waals surface area contributed by atoms with Gasteiger partial charge in [0.1, 0.15) is 23.4 Å². The van der Waals surface area contributed by atoms with Gasteiger partial charge >= 0.3 is 5.97 Å². The summed E-state index contributed by atoms with van der Waals surface area (Å²) in [4.78, 5) is 11.5. The SMILES string of the molecule is COC(=O)c1cc(CSc2nncn2C2CC2)oc1C. The van der Waals surface area contributed by atoms with Gasteiger partial charge in [-0.15, -0.1) is 10.2 Å². The van der Waals surface area contributed by atoms with Gasteiger partial charge in [0, 0.05) is 6.04 Å². The van der Waals surface area contributed by atoms with Gasteiger partial charge in [0.2, 0.25) is 0 Å². The van der Waals surface area contributed by atoms with Crippen molar-refractivity contribution in [2.45, 2.75) is 36.7 Å². The van der Waals surface area contributed by atoms with Gasteiger partial charge in [-0.25, -0.2) is 4.79 Å². The summed E-state index contributed by atoms with van der Waals surface area (Å²) in [6, 6.07) is 2.28. The maximum Gasteiger partial charge on any atom is 0.341 e. The Morgan fingerprint density at radius 3 is 3.10 bits per heavy atom. The van der Waals surface area contributed by atoms with E-state index in [1.54, 1.807) is 31.1 Å². The van der Waals surface area contributed by atoms with Crippen LogP contribution in [0.25, 0.3) is 0 Å². The minimum atomic E-state index is -0.372. The van der Waals surface area contributed by atoms with Gasteiger partial charge in [-0.05, 0) is 25.8 Å². The Balaban J connectivity index is 1.69. The number of rotatable bonds is 5. The molecular weight excluding hydrogens is 278 g/mol.